The van der Waals surface area contributed by atoms with Gasteiger partial charge in [0.05, 0.1) is 0 Å². The number of anilines is 1. The highest BCUT2D eigenvalue weighted by Crippen LogP contribution is 2.21. The van der Waals surface area contributed by atoms with Crippen molar-refractivity contribution in [2.75, 3.05) is 11.4 Å². The molecule has 6 heteroatoms. The van der Waals surface area contributed by atoms with E-state index in [1.54, 1.807) is 12.4 Å². The molecule has 21 heavy (non-hydrogen) atoms. The second-order valence-electron chi connectivity index (χ2n) is 6.46. The number of nitrogens with one attached hydrogen (secondary N) is 1. The second kappa shape index (κ2) is 6.28. The molecule has 1 fully saturated rings. The van der Waals surface area contributed by atoms with Crippen molar-refractivity contribution in [3.63, 3.8) is 0 Å². The molecule has 1 aromatic heterocycles. The van der Waals surface area contributed by atoms with E-state index < -0.39 is 5.60 Å². The van der Waals surface area contributed by atoms with E-state index in [1.807, 2.05) is 26.8 Å². The fourth-order valence-electron chi connectivity index (χ4n) is 2.51. The van der Waals surface area contributed by atoms with Gasteiger partial charge in [0, 0.05) is 31.0 Å². The minimum absolute atomic E-state index is 0.134. The van der Waals surface area contributed by atoms with Gasteiger partial charge in [-0.15, -0.1) is 0 Å². The van der Waals surface area contributed by atoms with Crippen molar-refractivity contribution in [2.45, 2.75) is 58.2 Å². The maximum atomic E-state index is 11.8. The maximum Gasteiger partial charge on any atom is 0.407 e. The van der Waals surface area contributed by atoms with E-state index in [9.17, 15) is 4.79 Å². The number of aromatic nitrogens is 2. The van der Waals surface area contributed by atoms with Crippen LogP contribution in [0.5, 0.6) is 0 Å². The first-order chi connectivity index (χ1) is 9.85. The molecule has 1 aromatic rings. The van der Waals surface area contributed by atoms with Crippen LogP contribution in [0.1, 0.15) is 40.5 Å². The van der Waals surface area contributed by atoms with Crippen LogP contribution < -0.4 is 10.2 Å². The van der Waals surface area contributed by atoms with Crippen LogP contribution in [-0.2, 0) is 4.74 Å². The van der Waals surface area contributed by atoms with Crippen LogP contribution in [0.15, 0.2) is 18.5 Å². The summed E-state index contributed by atoms with van der Waals surface area (Å²) in [5, 5.41) is 2.95. The van der Waals surface area contributed by atoms with E-state index in [4.69, 9.17) is 4.74 Å². The fraction of sp³-hybridized carbons (Fsp3) is 0.667. The number of rotatable bonds is 2. The van der Waals surface area contributed by atoms with Crippen molar-refractivity contribution in [2.24, 2.45) is 0 Å². The predicted molar refractivity (Wildman–Crippen MR) is 81.2 cm³/mol. The zero-order valence-electron chi connectivity index (χ0n) is 13.2. The standard InChI is InChI=1S/C15H24N4O2/c1-11-10-12(18-14(20)21-15(2,3)4)6-9-19(11)13-16-7-5-8-17-13/h5,7-8,11-12H,6,9-10H2,1-4H3,(H,18,20). The summed E-state index contributed by atoms with van der Waals surface area (Å²) in [6.45, 7) is 8.55. The van der Waals surface area contributed by atoms with Crippen LogP contribution in [0.2, 0.25) is 0 Å². The van der Waals surface area contributed by atoms with Gasteiger partial charge in [-0.05, 0) is 46.6 Å². The molecule has 0 aliphatic carbocycles. The Kier molecular flexibility index (Phi) is 4.65. The average molecular weight is 292 g/mol. The molecule has 2 heterocycles. The van der Waals surface area contributed by atoms with Gasteiger partial charge < -0.3 is 15.0 Å². The largest absolute Gasteiger partial charge is 0.444 e. The number of ether oxygens (including phenoxy) is 1. The third kappa shape index (κ3) is 4.58. The Morgan fingerprint density at radius 1 is 1.38 bits per heavy atom. The summed E-state index contributed by atoms with van der Waals surface area (Å²) in [7, 11) is 0. The number of nitrogens with zero attached hydrogens (tertiary/aromatic N) is 3. The maximum absolute atomic E-state index is 11.8. The number of hydrogen-bond acceptors (Lipinski definition) is 5. The van der Waals surface area contributed by atoms with E-state index in [2.05, 4.69) is 27.1 Å². The van der Waals surface area contributed by atoms with E-state index in [-0.39, 0.29) is 18.2 Å². The summed E-state index contributed by atoms with van der Waals surface area (Å²) in [5.41, 5.74) is -0.464. The first-order valence-electron chi connectivity index (χ1n) is 7.38. The van der Waals surface area contributed by atoms with Crippen molar-refractivity contribution >= 4 is 12.0 Å². The molecule has 116 valence electrons. The SMILES string of the molecule is CC1CC(NC(=O)OC(C)(C)C)CCN1c1ncccn1. The lowest BCUT2D eigenvalue weighted by molar-refractivity contribution is 0.0494. The van der Waals surface area contributed by atoms with Crippen molar-refractivity contribution in [3.8, 4) is 0 Å². The Morgan fingerprint density at radius 2 is 2.05 bits per heavy atom. The number of carbonyl (C=O) groups excluding carboxylic acids is 1. The summed E-state index contributed by atoms with van der Waals surface area (Å²) < 4.78 is 5.30. The van der Waals surface area contributed by atoms with Crippen LogP contribution in [0.3, 0.4) is 0 Å². The summed E-state index contributed by atoms with van der Waals surface area (Å²) in [5.74, 6) is 0.751. The molecule has 2 atom stereocenters. The molecule has 1 aliphatic rings. The average Bonchev–Trinajstić information content (AvgIpc) is 2.37. The summed E-state index contributed by atoms with van der Waals surface area (Å²) in [6.07, 6.45) is 4.88. The Morgan fingerprint density at radius 3 is 2.62 bits per heavy atom. The van der Waals surface area contributed by atoms with Crippen molar-refractivity contribution < 1.29 is 9.53 Å². The van der Waals surface area contributed by atoms with Gasteiger partial charge in [0.25, 0.3) is 0 Å². The van der Waals surface area contributed by atoms with Crippen LogP contribution in [-0.4, -0.2) is 40.3 Å². The van der Waals surface area contributed by atoms with Crippen LogP contribution in [0, 0.1) is 0 Å². The Labute approximate surface area is 125 Å². The van der Waals surface area contributed by atoms with Gasteiger partial charge in [-0.1, -0.05) is 0 Å². The monoisotopic (exact) mass is 292 g/mol. The minimum Gasteiger partial charge on any atom is -0.444 e. The lowest BCUT2D eigenvalue weighted by atomic mass is 9.99. The molecule has 0 aromatic carbocycles. The highest BCUT2D eigenvalue weighted by molar-refractivity contribution is 5.68. The molecule has 2 rings (SSSR count). The number of carbonyl (C=O) groups is 1. The van der Waals surface area contributed by atoms with E-state index >= 15 is 0 Å². The Balaban J connectivity index is 1.88. The molecule has 0 spiro atoms. The number of amides is 1. The number of alkyl carbamates (subject to hydrolysis) is 1. The van der Waals surface area contributed by atoms with Crippen molar-refractivity contribution in [1.82, 2.24) is 15.3 Å². The van der Waals surface area contributed by atoms with Gasteiger partial charge in [-0.25, -0.2) is 14.8 Å². The number of piperidine rings is 1. The van der Waals surface area contributed by atoms with Gasteiger partial charge in [0.2, 0.25) is 5.95 Å². The zero-order chi connectivity index (χ0) is 15.5. The predicted octanol–water partition coefficient (Wildman–Crippen LogP) is 2.36. The molecular weight excluding hydrogens is 268 g/mol. The third-order valence-electron chi connectivity index (χ3n) is 3.41. The normalized spacial score (nSPS) is 22.8. The third-order valence-corrected chi connectivity index (χ3v) is 3.41. The molecule has 0 saturated carbocycles. The zero-order valence-corrected chi connectivity index (χ0v) is 13.2. The highest BCUT2D eigenvalue weighted by Gasteiger charge is 2.29. The lowest BCUT2D eigenvalue weighted by Gasteiger charge is -2.38. The molecule has 0 radical (unpaired) electrons. The molecule has 0 bridgehead atoms. The van der Waals surface area contributed by atoms with Crippen LogP contribution >= 0.6 is 0 Å². The summed E-state index contributed by atoms with van der Waals surface area (Å²) >= 11 is 0. The highest BCUT2D eigenvalue weighted by atomic mass is 16.6. The Bertz CT molecular complexity index is 472. The molecule has 1 amide bonds. The van der Waals surface area contributed by atoms with Crippen molar-refractivity contribution in [3.05, 3.63) is 18.5 Å². The molecule has 1 N–H and O–H groups in total. The van der Waals surface area contributed by atoms with Gasteiger partial charge in [0.1, 0.15) is 5.60 Å². The second-order valence-corrected chi connectivity index (χ2v) is 6.46. The quantitative estimate of drug-likeness (QED) is 0.906. The van der Waals surface area contributed by atoms with Gasteiger partial charge in [0.15, 0.2) is 0 Å². The lowest BCUT2D eigenvalue weighted by Crippen LogP contribution is -2.50. The summed E-state index contributed by atoms with van der Waals surface area (Å²) in [6, 6.07) is 2.22. The number of hydrogen-bond donors (Lipinski definition) is 1. The minimum atomic E-state index is -0.464. The molecule has 6 nitrogen and oxygen atoms in total. The molecule has 2 unspecified atom stereocenters. The van der Waals surface area contributed by atoms with E-state index in [0.29, 0.717) is 0 Å². The summed E-state index contributed by atoms with van der Waals surface area (Å²) in [4.78, 5) is 22.6. The van der Waals surface area contributed by atoms with E-state index in [1.165, 1.54) is 0 Å². The topological polar surface area (TPSA) is 67.3 Å². The first-order valence-corrected chi connectivity index (χ1v) is 7.38. The van der Waals surface area contributed by atoms with Crippen LogP contribution in [0.4, 0.5) is 10.7 Å². The van der Waals surface area contributed by atoms with Gasteiger partial charge in [-0.2, -0.15) is 0 Å². The molecular formula is C15H24N4O2. The van der Waals surface area contributed by atoms with Gasteiger partial charge in [-0.3, -0.25) is 0 Å². The molecule has 1 aliphatic heterocycles. The van der Waals surface area contributed by atoms with Crippen molar-refractivity contribution in [1.29, 1.82) is 0 Å². The van der Waals surface area contributed by atoms with Crippen LogP contribution in [0.25, 0.3) is 0 Å². The van der Waals surface area contributed by atoms with E-state index in [0.717, 1.165) is 25.3 Å². The smallest absolute Gasteiger partial charge is 0.407 e. The Hall–Kier alpha value is -1.85. The van der Waals surface area contributed by atoms with Gasteiger partial charge >= 0.3 is 6.09 Å². The first kappa shape index (κ1) is 15.5. The fourth-order valence-corrected chi connectivity index (χ4v) is 2.51. The molecule has 1 saturated heterocycles.